The summed E-state index contributed by atoms with van der Waals surface area (Å²) in [6, 6.07) is 80.3. The van der Waals surface area contributed by atoms with Gasteiger partial charge in [0.2, 0.25) is 29.5 Å². The topological polar surface area (TPSA) is 332 Å². The molecule has 1 heterocycles. The quantitative estimate of drug-likeness (QED) is 0.0262. The number of hydrogen-bond acceptors (Lipinski definition) is 14. The maximum absolute atomic E-state index is 13.0. The third-order valence-electron chi connectivity index (χ3n) is 18.3. The number of rotatable bonds is 25. The summed E-state index contributed by atoms with van der Waals surface area (Å²) in [5.74, 6) is -1.23. The van der Waals surface area contributed by atoms with Gasteiger partial charge >= 0.3 is 0 Å². The van der Waals surface area contributed by atoms with Gasteiger partial charge < -0.3 is 37.6 Å². The van der Waals surface area contributed by atoms with Gasteiger partial charge in [-0.3, -0.25) is 33.8 Å². The summed E-state index contributed by atoms with van der Waals surface area (Å²) in [6.45, 7) is 7.75. The number of halogens is 6. The van der Waals surface area contributed by atoms with Crippen LogP contribution in [0.15, 0.2) is 259 Å². The maximum Gasteiger partial charge on any atom is 0.224 e. The second-order valence-electron chi connectivity index (χ2n) is 28.0. The van der Waals surface area contributed by atoms with Gasteiger partial charge in [0.25, 0.3) is 0 Å². The molecule has 26 heteroatoms. The van der Waals surface area contributed by atoms with Gasteiger partial charge in [0, 0.05) is 87.8 Å². The summed E-state index contributed by atoms with van der Waals surface area (Å²) in [4.78, 5) is 75.4. The maximum atomic E-state index is 13.0. The Morgan fingerprint density at radius 1 is 0.395 bits per heavy atom. The van der Waals surface area contributed by atoms with Crippen molar-refractivity contribution in [1.29, 1.82) is 26.3 Å². The first-order valence-corrected chi connectivity index (χ1v) is 40.9. The molecule has 0 aliphatic heterocycles. The standard InChI is InChI=1S/C17H14BrClN2O.2C17H15FN2O.C16H13ClN2O.C16H13FN2O.C15H18N3OP/c1-11-8-12(2-6-15(11)18)3-7-17(22)21-14-5-4-13(10-20)16(19)9-14;1-12-10-15(18)7-8-16(12)20-17(21)9-6-13-2-4-14(11-19)5-3-13;1-12-8-15(18)6-7-17(12)20-11-16(21)9-13-2-4-14(10-19)5-3-13;2*17-14-6-1-12(2-7-14)5-10-16(20)19-15-8-3-13(11-18)4-9-15;1-10-8-13(4-6-14(10)20)18-15(19)7-5-12-3-2-11(16)9-17-12/h2,4-6,8-9H,3,7H2,1H3,(H,21,22);2-5,7-8,10H,6,9H2,1H3,(H,20,21);2-8,20H,9,11H2,1H3;2*1-4,6-9H,5,10H2,(H,19,20);2-4,6,8-9H,5,7,16,20H2,1H3,(H,18,19). The van der Waals surface area contributed by atoms with E-state index in [1.807, 2.05) is 111 Å². The van der Waals surface area contributed by atoms with Gasteiger partial charge in [-0.05, 0) is 297 Å². The van der Waals surface area contributed by atoms with Gasteiger partial charge in [-0.1, -0.05) is 106 Å². The zero-order valence-corrected chi connectivity index (χ0v) is 72.5. The van der Waals surface area contributed by atoms with Gasteiger partial charge in [-0.15, -0.1) is 9.24 Å². The molecule has 628 valence electrons. The monoisotopic (exact) mass is 1780 g/mol. The molecule has 0 bridgehead atoms. The van der Waals surface area contributed by atoms with Gasteiger partial charge in [0.15, 0.2) is 5.78 Å². The number of anilines is 7. The van der Waals surface area contributed by atoms with Gasteiger partial charge in [-0.2, -0.15) is 26.3 Å². The van der Waals surface area contributed by atoms with Crippen molar-refractivity contribution in [2.24, 2.45) is 0 Å². The molecule has 0 fully saturated rings. The summed E-state index contributed by atoms with van der Waals surface area (Å²) in [7, 11) is 2.66. The lowest BCUT2D eigenvalue weighted by Crippen LogP contribution is -2.16. The van der Waals surface area contributed by atoms with E-state index in [0.29, 0.717) is 142 Å². The molecular formula is C98H88BrCl2F3N13O6P. The van der Waals surface area contributed by atoms with Crippen LogP contribution in [-0.2, 0) is 67.3 Å². The summed E-state index contributed by atoms with van der Waals surface area (Å²) in [5, 5.41) is 62.8. The fourth-order valence-electron chi connectivity index (χ4n) is 11.3. The van der Waals surface area contributed by atoms with E-state index in [4.69, 9.17) is 55.2 Å². The second kappa shape index (κ2) is 51.5. The Hall–Kier alpha value is -14.1. The highest BCUT2D eigenvalue weighted by Gasteiger charge is 2.13. The molecule has 19 nitrogen and oxygen atoms in total. The van der Waals surface area contributed by atoms with E-state index in [0.717, 1.165) is 71.4 Å². The minimum absolute atomic E-state index is 0.0143. The fraction of sp³-hybridized carbons (Fsp3) is 0.163. The first-order chi connectivity index (χ1) is 59.5. The molecule has 124 heavy (non-hydrogen) atoms. The fourth-order valence-corrected chi connectivity index (χ4v) is 12.1. The van der Waals surface area contributed by atoms with Gasteiger partial charge in [0.1, 0.15) is 23.5 Å². The summed E-state index contributed by atoms with van der Waals surface area (Å²) < 4.78 is 39.8. The number of hydrogen-bond donors (Lipinski definition) is 7. The van der Waals surface area contributed by atoms with Crippen molar-refractivity contribution < 1.29 is 41.9 Å². The zero-order valence-electron chi connectivity index (χ0n) is 68.3. The van der Waals surface area contributed by atoms with E-state index in [2.05, 4.69) is 74.2 Å². The largest absolute Gasteiger partial charge is 0.397 e. The van der Waals surface area contributed by atoms with Crippen LogP contribution in [0.4, 0.5) is 53.0 Å². The van der Waals surface area contributed by atoms with E-state index in [-0.39, 0.29) is 59.3 Å². The Morgan fingerprint density at radius 3 is 1.23 bits per heavy atom. The molecule has 0 radical (unpaired) electrons. The highest BCUT2D eigenvalue weighted by molar-refractivity contribution is 9.10. The number of nitrogens with two attached hydrogens (primary N) is 1. The number of carbonyl (C=O) groups excluding carboxylic acids is 6. The Morgan fingerprint density at radius 2 is 0.790 bits per heavy atom. The molecule has 1 aromatic heterocycles. The number of aryl methyl sites for hydroxylation is 9. The van der Waals surface area contributed by atoms with Crippen LogP contribution >= 0.6 is 48.4 Å². The number of pyridine rings is 1. The van der Waals surface area contributed by atoms with E-state index >= 15 is 0 Å². The van der Waals surface area contributed by atoms with Crippen molar-refractivity contribution in [3.8, 4) is 30.3 Å². The average molecular weight is 1780 g/mol. The second-order valence-corrected chi connectivity index (χ2v) is 30.3. The third kappa shape index (κ3) is 36.1. The van der Waals surface area contributed by atoms with E-state index < -0.39 is 0 Å². The third-order valence-corrected chi connectivity index (χ3v) is 20.4. The molecular weight excluding hydrogens is 1690 g/mol. The minimum atomic E-state index is -0.317. The van der Waals surface area contributed by atoms with Crippen molar-refractivity contribution >= 4 is 129 Å². The molecule has 12 rings (SSSR count). The van der Waals surface area contributed by atoms with Crippen LogP contribution in [0.3, 0.4) is 0 Å². The number of carbonyl (C=O) groups is 6. The SMILES string of the molecule is Cc1cc(CCC(=O)Nc2ccc(C#N)c(Cl)c2)ccc1Br.Cc1cc(F)ccc1NC(=O)CCc1ccc(C#N)cc1.Cc1cc(F)ccc1NCC(=O)Cc1ccc(C#N)cc1.Cc1cc(NC(=O)CCc2ccc(N)cn2)ccc1P.N#Cc1ccc(NC(=O)CCc2ccc(Cl)cc2)cc1.N#Cc1ccc(NC(=O)CCc2ccc(F)cc2)cc1. The highest BCUT2D eigenvalue weighted by Crippen LogP contribution is 2.24. The lowest BCUT2D eigenvalue weighted by molar-refractivity contribution is -0.117. The van der Waals surface area contributed by atoms with Crippen LogP contribution in [0.5, 0.6) is 0 Å². The number of amides is 5. The predicted molar refractivity (Wildman–Crippen MR) is 491 cm³/mol. The number of nitrogens with zero attached hydrogens (tertiary/aromatic N) is 6. The molecule has 12 aromatic rings. The minimum Gasteiger partial charge on any atom is -0.397 e. The van der Waals surface area contributed by atoms with Crippen molar-refractivity contribution in [1.82, 2.24) is 4.98 Å². The molecule has 0 aliphatic rings. The molecule has 8 N–H and O–H groups in total. The first-order valence-electron chi connectivity index (χ1n) is 38.8. The van der Waals surface area contributed by atoms with Crippen LogP contribution < -0.4 is 42.9 Å². The molecule has 11 aromatic carbocycles. The Kier molecular flexibility index (Phi) is 40.3. The molecule has 0 aliphatic carbocycles. The van der Waals surface area contributed by atoms with Crippen LogP contribution in [0.25, 0.3) is 0 Å². The Bertz CT molecular complexity index is 5750. The average Bonchev–Trinajstić information content (AvgIpc) is 0.876. The van der Waals surface area contributed by atoms with Crippen LogP contribution in [0.1, 0.15) is 116 Å². The van der Waals surface area contributed by atoms with Crippen molar-refractivity contribution in [2.45, 2.75) is 98.3 Å². The molecule has 1 unspecified atom stereocenters. The number of Topliss-reactive ketones (excluding diaryl/α,β-unsaturated/α-hetero) is 1. The number of nitriles is 5. The van der Waals surface area contributed by atoms with E-state index in [9.17, 15) is 41.9 Å². The number of benzene rings is 11. The smallest absolute Gasteiger partial charge is 0.224 e. The summed E-state index contributed by atoms with van der Waals surface area (Å²) >= 11 is 15.2. The molecule has 1 atom stereocenters. The van der Waals surface area contributed by atoms with Crippen LogP contribution in [0, 0.1) is 102 Å². The van der Waals surface area contributed by atoms with Crippen molar-refractivity contribution in [3.63, 3.8) is 0 Å². The van der Waals surface area contributed by atoms with E-state index in [1.54, 1.807) is 154 Å². The van der Waals surface area contributed by atoms with Crippen molar-refractivity contribution in [2.75, 3.05) is 44.2 Å². The highest BCUT2D eigenvalue weighted by atomic mass is 79.9. The summed E-state index contributed by atoms with van der Waals surface area (Å²) in [5.41, 5.74) is 22.6. The molecule has 0 saturated heterocycles. The zero-order chi connectivity index (χ0) is 89.9. The van der Waals surface area contributed by atoms with Crippen LogP contribution in [0.2, 0.25) is 10.0 Å². The normalized spacial score (nSPS) is 9.98. The Balaban J connectivity index is 0.000000204. The van der Waals surface area contributed by atoms with Crippen molar-refractivity contribution in [3.05, 3.63) is 370 Å². The number of aromatic nitrogens is 1. The van der Waals surface area contributed by atoms with Gasteiger partial charge in [0.05, 0.1) is 75.5 Å². The molecule has 0 spiro atoms. The number of nitrogens with one attached hydrogen (secondary N) is 6. The van der Waals surface area contributed by atoms with Gasteiger partial charge in [-0.25, -0.2) is 13.2 Å². The molecule has 0 saturated carbocycles. The molecule has 5 amide bonds. The number of nitrogen functional groups attached to an aromatic ring is 1. The predicted octanol–water partition coefficient (Wildman–Crippen LogP) is 20.8. The lowest BCUT2D eigenvalue weighted by atomic mass is 10.1. The lowest BCUT2D eigenvalue weighted by Gasteiger charge is -2.09. The van der Waals surface area contributed by atoms with E-state index in [1.165, 1.54) is 36.4 Å². The summed E-state index contributed by atoms with van der Waals surface area (Å²) in [6.07, 6.45) is 6.86. The van der Waals surface area contributed by atoms with Crippen LogP contribution in [-0.4, -0.2) is 46.8 Å². The number of ketones is 1. The Labute approximate surface area is 740 Å². The first kappa shape index (κ1) is 97.0.